The summed E-state index contributed by atoms with van der Waals surface area (Å²) in [5, 5.41) is 3.32. The quantitative estimate of drug-likeness (QED) is 0.896. The molecule has 1 saturated carbocycles. The zero-order valence-electron chi connectivity index (χ0n) is 15.2. The standard InChI is InChI=1S/C23H26N2O/c26-21(10-5-14-25-15-13-17-7-2-4-9-20(17)25)24-23-19-12-11-16-6-1-3-8-18(16)22(19)23/h1-4,6-9,19,22-23H,5,10-15H2,(H,24,26)/t19-,22-,23-/m1/s1. The van der Waals surface area contributed by atoms with Crippen molar-refractivity contribution < 1.29 is 4.79 Å². The van der Waals surface area contributed by atoms with Gasteiger partial charge in [-0.3, -0.25) is 4.79 Å². The number of aryl methyl sites for hydroxylation is 1. The van der Waals surface area contributed by atoms with E-state index in [0.29, 0.717) is 24.3 Å². The number of hydrogen-bond acceptors (Lipinski definition) is 2. The van der Waals surface area contributed by atoms with Gasteiger partial charge in [0.15, 0.2) is 0 Å². The maximum absolute atomic E-state index is 12.4. The molecule has 0 spiro atoms. The van der Waals surface area contributed by atoms with Crippen molar-refractivity contribution in [1.82, 2.24) is 5.32 Å². The predicted octanol–water partition coefficient (Wildman–Crippen LogP) is 3.67. The van der Waals surface area contributed by atoms with Gasteiger partial charge in [-0.2, -0.15) is 0 Å². The molecule has 134 valence electrons. The summed E-state index contributed by atoms with van der Waals surface area (Å²) in [5.74, 6) is 1.46. The molecular formula is C23H26N2O. The zero-order valence-corrected chi connectivity index (χ0v) is 15.2. The molecule has 1 heterocycles. The summed E-state index contributed by atoms with van der Waals surface area (Å²) in [4.78, 5) is 14.9. The van der Waals surface area contributed by atoms with Crippen LogP contribution in [0.15, 0.2) is 48.5 Å². The van der Waals surface area contributed by atoms with Gasteiger partial charge in [-0.15, -0.1) is 0 Å². The number of hydrogen-bond donors (Lipinski definition) is 1. The Bertz CT molecular complexity index is 830. The molecule has 1 N–H and O–H groups in total. The predicted molar refractivity (Wildman–Crippen MR) is 105 cm³/mol. The van der Waals surface area contributed by atoms with E-state index in [0.717, 1.165) is 32.4 Å². The third kappa shape index (κ3) is 2.80. The van der Waals surface area contributed by atoms with Gasteiger partial charge in [0.2, 0.25) is 5.91 Å². The Labute approximate surface area is 155 Å². The minimum atomic E-state index is 0.231. The fraction of sp³-hybridized carbons (Fsp3) is 0.435. The highest BCUT2D eigenvalue weighted by molar-refractivity contribution is 5.77. The number of carbonyl (C=O) groups is 1. The first-order valence-electron chi connectivity index (χ1n) is 10.0. The fourth-order valence-corrected chi connectivity index (χ4v) is 5.09. The summed E-state index contributed by atoms with van der Waals surface area (Å²) in [6.45, 7) is 2.06. The summed E-state index contributed by atoms with van der Waals surface area (Å²) in [6.07, 6.45) is 5.08. The van der Waals surface area contributed by atoms with Crippen molar-refractivity contribution in [2.24, 2.45) is 5.92 Å². The first-order chi connectivity index (χ1) is 12.8. The number of anilines is 1. The first-order valence-corrected chi connectivity index (χ1v) is 10.0. The van der Waals surface area contributed by atoms with Gasteiger partial charge in [0, 0.05) is 37.2 Å². The maximum atomic E-state index is 12.4. The van der Waals surface area contributed by atoms with Crippen molar-refractivity contribution in [2.75, 3.05) is 18.0 Å². The molecule has 0 aromatic heterocycles. The normalized spacial score (nSPS) is 25.2. The first kappa shape index (κ1) is 15.9. The molecule has 1 amide bonds. The van der Waals surface area contributed by atoms with Crippen LogP contribution in [-0.2, 0) is 17.6 Å². The average Bonchev–Trinajstić information content (AvgIpc) is 3.22. The van der Waals surface area contributed by atoms with Crippen molar-refractivity contribution in [1.29, 1.82) is 0 Å². The van der Waals surface area contributed by atoms with Gasteiger partial charge >= 0.3 is 0 Å². The van der Waals surface area contributed by atoms with Crippen LogP contribution in [-0.4, -0.2) is 25.0 Å². The number of para-hydroxylation sites is 1. The molecule has 1 fully saturated rings. The Morgan fingerprint density at radius 1 is 1.04 bits per heavy atom. The van der Waals surface area contributed by atoms with E-state index in [-0.39, 0.29) is 5.91 Å². The Morgan fingerprint density at radius 3 is 2.77 bits per heavy atom. The van der Waals surface area contributed by atoms with Gasteiger partial charge in [-0.25, -0.2) is 0 Å². The van der Waals surface area contributed by atoms with Crippen molar-refractivity contribution in [3.05, 3.63) is 65.2 Å². The molecule has 0 bridgehead atoms. The van der Waals surface area contributed by atoms with Gasteiger partial charge < -0.3 is 10.2 Å². The van der Waals surface area contributed by atoms with E-state index in [9.17, 15) is 4.79 Å². The summed E-state index contributed by atoms with van der Waals surface area (Å²) >= 11 is 0. The Kier molecular flexibility index (Phi) is 3.96. The third-order valence-corrected chi connectivity index (χ3v) is 6.47. The van der Waals surface area contributed by atoms with Crippen LogP contribution >= 0.6 is 0 Å². The number of benzene rings is 2. The lowest BCUT2D eigenvalue weighted by atomic mass is 9.92. The molecule has 2 aromatic rings. The highest BCUT2D eigenvalue weighted by atomic mass is 16.1. The molecule has 26 heavy (non-hydrogen) atoms. The number of rotatable bonds is 5. The SMILES string of the molecule is O=C(CCCN1CCc2ccccc21)N[C@@H]1[C@@H]2CCc3ccccc3[C@H]21. The van der Waals surface area contributed by atoms with Crippen LogP contribution in [0.4, 0.5) is 5.69 Å². The van der Waals surface area contributed by atoms with E-state index in [1.54, 1.807) is 0 Å². The Hall–Kier alpha value is -2.29. The van der Waals surface area contributed by atoms with Crippen molar-refractivity contribution >= 4 is 11.6 Å². The minimum absolute atomic E-state index is 0.231. The highest BCUT2D eigenvalue weighted by Gasteiger charge is 2.53. The van der Waals surface area contributed by atoms with Crippen LogP contribution in [0.2, 0.25) is 0 Å². The fourth-order valence-electron chi connectivity index (χ4n) is 5.09. The molecule has 3 heteroatoms. The van der Waals surface area contributed by atoms with E-state index in [1.807, 2.05) is 0 Å². The summed E-state index contributed by atoms with van der Waals surface area (Å²) in [5.41, 5.74) is 5.76. The topological polar surface area (TPSA) is 32.3 Å². The Morgan fingerprint density at radius 2 is 1.85 bits per heavy atom. The van der Waals surface area contributed by atoms with Crippen LogP contribution in [0.25, 0.3) is 0 Å². The van der Waals surface area contributed by atoms with E-state index in [1.165, 1.54) is 28.8 Å². The largest absolute Gasteiger partial charge is 0.371 e. The molecule has 0 saturated heterocycles. The lowest BCUT2D eigenvalue weighted by Crippen LogP contribution is -2.29. The number of nitrogens with zero attached hydrogens (tertiary/aromatic N) is 1. The van der Waals surface area contributed by atoms with Crippen LogP contribution in [0.5, 0.6) is 0 Å². The number of fused-ring (bicyclic) bond motifs is 4. The van der Waals surface area contributed by atoms with E-state index < -0.39 is 0 Å². The average molecular weight is 346 g/mol. The van der Waals surface area contributed by atoms with Gasteiger partial charge in [-0.05, 0) is 54.4 Å². The maximum Gasteiger partial charge on any atom is 0.220 e. The number of carbonyl (C=O) groups excluding carboxylic acids is 1. The molecule has 3 atom stereocenters. The second-order valence-corrected chi connectivity index (χ2v) is 7.99. The number of amides is 1. The van der Waals surface area contributed by atoms with Crippen LogP contribution in [0.1, 0.15) is 41.9 Å². The van der Waals surface area contributed by atoms with Gasteiger partial charge in [0.1, 0.15) is 0 Å². The smallest absolute Gasteiger partial charge is 0.220 e. The van der Waals surface area contributed by atoms with Crippen LogP contribution in [0, 0.1) is 5.92 Å². The minimum Gasteiger partial charge on any atom is -0.371 e. The molecule has 3 aliphatic rings. The molecule has 3 nitrogen and oxygen atoms in total. The van der Waals surface area contributed by atoms with Crippen LogP contribution in [0.3, 0.4) is 0 Å². The van der Waals surface area contributed by atoms with Gasteiger partial charge in [0.25, 0.3) is 0 Å². The monoisotopic (exact) mass is 346 g/mol. The summed E-state index contributed by atoms with van der Waals surface area (Å²) < 4.78 is 0. The third-order valence-electron chi connectivity index (χ3n) is 6.47. The van der Waals surface area contributed by atoms with E-state index >= 15 is 0 Å². The molecule has 0 unspecified atom stereocenters. The second kappa shape index (κ2) is 6.46. The van der Waals surface area contributed by atoms with E-state index in [2.05, 4.69) is 58.7 Å². The van der Waals surface area contributed by atoms with Crippen LogP contribution < -0.4 is 10.2 Å². The van der Waals surface area contributed by atoms with Crippen molar-refractivity contribution in [3.8, 4) is 0 Å². The number of nitrogens with one attached hydrogen (secondary N) is 1. The molecule has 0 radical (unpaired) electrons. The van der Waals surface area contributed by atoms with Crippen molar-refractivity contribution in [3.63, 3.8) is 0 Å². The van der Waals surface area contributed by atoms with E-state index in [4.69, 9.17) is 0 Å². The zero-order chi connectivity index (χ0) is 17.5. The molecule has 1 aliphatic heterocycles. The highest BCUT2D eigenvalue weighted by Crippen LogP contribution is 2.54. The second-order valence-electron chi connectivity index (χ2n) is 7.99. The molecule has 5 rings (SSSR count). The van der Waals surface area contributed by atoms with Gasteiger partial charge in [-0.1, -0.05) is 42.5 Å². The summed E-state index contributed by atoms with van der Waals surface area (Å²) in [7, 11) is 0. The lowest BCUT2D eigenvalue weighted by molar-refractivity contribution is -0.121. The summed E-state index contributed by atoms with van der Waals surface area (Å²) in [6, 6.07) is 17.8. The molecular weight excluding hydrogens is 320 g/mol. The Balaban J connectivity index is 1.12. The van der Waals surface area contributed by atoms with Crippen molar-refractivity contribution in [2.45, 2.75) is 44.1 Å². The molecule has 2 aromatic carbocycles. The molecule has 2 aliphatic carbocycles. The lowest BCUT2D eigenvalue weighted by Gasteiger charge is -2.19. The van der Waals surface area contributed by atoms with Gasteiger partial charge in [0.05, 0.1) is 0 Å².